The van der Waals surface area contributed by atoms with Crippen LogP contribution in [-0.4, -0.2) is 17.3 Å². The molecule has 0 fully saturated rings. The maximum Gasteiger partial charge on any atom is 0.307 e. The summed E-state index contributed by atoms with van der Waals surface area (Å²) in [5.41, 5.74) is 0.571. The third kappa shape index (κ3) is 4.56. The van der Waals surface area contributed by atoms with Crippen molar-refractivity contribution in [1.29, 1.82) is 0 Å². The molecule has 0 aliphatic heterocycles. The van der Waals surface area contributed by atoms with Gasteiger partial charge in [0.2, 0.25) is 0 Å². The molecule has 6 heteroatoms. The minimum Gasteiger partial charge on any atom is -0.481 e. The highest BCUT2D eigenvalue weighted by Gasteiger charge is 2.08. The molecule has 0 atom stereocenters. The van der Waals surface area contributed by atoms with E-state index in [2.05, 4.69) is 0 Å². The van der Waals surface area contributed by atoms with E-state index in [1.165, 1.54) is 0 Å². The molecule has 0 aromatic heterocycles. The van der Waals surface area contributed by atoms with Gasteiger partial charge in [-0.15, -0.1) is 11.8 Å². The summed E-state index contributed by atoms with van der Waals surface area (Å²) in [5, 5.41) is 9.74. The molecular formula is C15H12Cl2O3S. The molecule has 2 aromatic carbocycles. The minimum absolute atomic E-state index is 0.115. The SMILES string of the molecule is CSc1ccc(Oc2cc(Cl)cc(CC(=O)O)c2)c(Cl)c1. The summed E-state index contributed by atoms with van der Waals surface area (Å²) in [7, 11) is 0. The molecule has 0 amide bonds. The van der Waals surface area contributed by atoms with Gasteiger partial charge in [0.1, 0.15) is 11.5 Å². The molecule has 0 spiro atoms. The van der Waals surface area contributed by atoms with Crippen molar-refractivity contribution in [3.05, 3.63) is 52.0 Å². The Bertz CT molecular complexity index is 674. The molecule has 2 aromatic rings. The van der Waals surface area contributed by atoms with E-state index in [9.17, 15) is 4.79 Å². The van der Waals surface area contributed by atoms with E-state index in [0.29, 0.717) is 27.1 Å². The van der Waals surface area contributed by atoms with Crippen LogP contribution in [0.25, 0.3) is 0 Å². The number of hydrogen-bond donors (Lipinski definition) is 1. The summed E-state index contributed by atoms with van der Waals surface area (Å²) < 4.78 is 5.69. The molecule has 1 N–H and O–H groups in total. The van der Waals surface area contributed by atoms with Crippen LogP contribution < -0.4 is 4.74 Å². The first-order chi connectivity index (χ1) is 9.97. The Labute approximate surface area is 136 Å². The van der Waals surface area contributed by atoms with Gasteiger partial charge < -0.3 is 9.84 Å². The zero-order valence-corrected chi connectivity index (χ0v) is 13.4. The number of aliphatic carboxylic acids is 1. The second-order valence-corrected chi connectivity index (χ2v) is 5.99. The van der Waals surface area contributed by atoms with Crippen LogP contribution in [-0.2, 0) is 11.2 Å². The highest BCUT2D eigenvalue weighted by atomic mass is 35.5. The number of carboxylic acids is 1. The van der Waals surface area contributed by atoms with Gasteiger partial charge in [0.05, 0.1) is 11.4 Å². The number of carbonyl (C=O) groups is 1. The maximum atomic E-state index is 10.8. The molecule has 110 valence electrons. The first kappa shape index (κ1) is 16.0. The number of rotatable bonds is 5. The number of halogens is 2. The average molecular weight is 343 g/mol. The summed E-state index contributed by atoms with van der Waals surface area (Å²) in [6.07, 6.45) is 1.84. The highest BCUT2D eigenvalue weighted by Crippen LogP contribution is 2.33. The molecule has 0 saturated carbocycles. The van der Waals surface area contributed by atoms with E-state index in [1.807, 2.05) is 18.4 Å². The van der Waals surface area contributed by atoms with Gasteiger partial charge in [-0.25, -0.2) is 0 Å². The Kier molecular flexibility index (Phi) is 5.39. The summed E-state index contributed by atoms with van der Waals surface area (Å²) in [4.78, 5) is 11.8. The van der Waals surface area contributed by atoms with Crippen LogP contribution in [0.4, 0.5) is 0 Å². The number of benzene rings is 2. The Morgan fingerprint density at radius 3 is 2.62 bits per heavy atom. The summed E-state index contributed by atoms with van der Waals surface area (Å²) in [5.74, 6) is 0.0288. The fraction of sp³-hybridized carbons (Fsp3) is 0.133. The predicted octanol–water partition coefficient (Wildman–Crippen LogP) is 5.13. The lowest BCUT2D eigenvalue weighted by atomic mass is 10.1. The normalized spacial score (nSPS) is 10.4. The molecular weight excluding hydrogens is 331 g/mol. The summed E-state index contributed by atoms with van der Waals surface area (Å²) in [6, 6.07) is 10.3. The van der Waals surface area contributed by atoms with Crippen LogP contribution in [0.5, 0.6) is 11.5 Å². The van der Waals surface area contributed by atoms with Crippen molar-refractivity contribution in [2.24, 2.45) is 0 Å². The van der Waals surface area contributed by atoms with E-state index in [1.54, 1.807) is 36.0 Å². The molecule has 21 heavy (non-hydrogen) atoms. The first-order valence-corrected chi connectivity index (χ1v) is 7.98. The molecule has 0 radical (unpaired) electrons. The number of hydrogen-bond acceptors (Lipinski definition) is 3. The van der Waals surface area contributed by atoms with Crippen molar-refractivity contribution < 1.29 is 14.6 Å². The zero-order valence-electron chi connectivity index (χ0n) is 11.1. The van der Waals surface area contributed by atoms with E-state index < -0.39 is 5.97 Å². The largest absolute Gasteiger partial charge is 0.481 e. The Morgan fingerprint density at radius 1 is 1.24 bits per heavy atom. The molecule has 3 nitrogen and oxygen atoms in total. The van der Waals surface area contributed by atoms with Gasteiger partial charge in [0.25, 0.3) is 0 Å². The summed E-state index contributed by atoms with van der Waals surface area (Å²) >= 11 is 13.7. The second kappa shape index (κ2) is 7.07. The lowest BCUT2D eigenvalue weighted by molar-refractivity contribution is -0.136. The lowest BCUT2D eigenvalue weighted by Gasteiger charge is -2.10. The van der Waals surface area contributed by atoms with Crippen LogP contribution >= 0.6 is 35.0 Å². The number of carboxylic acid groups (broad SMARTS) is 1. The lowest BCUT2D eigenvalue weighted by Crippen LogP contribution is -2.00. The minimum atomic E-state index is -0.925. The Morgan fingerprint density at radius 2 is 2.00 bits per heavy atom. The summed E-state index contributed by atoms with van der Waals surface area (Å²) in [6.45, 7) is 0. The van der Waals surface area contributed by atoms with E-state index in [0.717, 1.165) is 4.90 Å². The Balaban J connectivity index is 2.26. The standard InChI is InChI=1S/C15H12Cl2O3S/c1-21-12-2-3-14(13(17)8-12)20-11-5-9(6-15(18)19)4-10(16)7-11/h2-5,7-8H,6H2,1H3,(H,18,19). The zero-order chi connectivity index (χ0) is 15.4. The van der Waals surface area contributed by atoms with Gasteiger partial charge in [-0.1, -0.05) is 23.2 Å². The van der Waals surface area contributed by atoms with Crippen molar-refractivity contribution in [2.75, 3.05) is 6.26 Å². The van der Waals surface area contributed by atoms with Crippen molar-refractivity contribution >= 4 is 40.9 Å². The molecule has 0 heterocycles. The van der Waals surface area contributed by atoms with Gasteiger partial charge in [-0.2, -0.15) is 0 Å². The van der Waals surface area contributed by atoms with Crippen LogP contribution in [0, 0.1) is 0 Å². The Hall–Kier alpha value is -1.36. The fourth-order valence-corrected chi connectivity index (χ4v) is 2.75. The number of ether oxygens (including phenoxy) is 1. The van der Waals surface area contributed by atoms with Crippen molar-refractivity contribution in [1.82, 2.24) is 0 Å². The molecule has 0 unspecified atom stereocenters. The number of thioether (sulfide) groups is 1. The van der Waals surface area contributed by atoms with Crippen molar-refractivity contribution in [3.8, 4) is 11.5 Å². The topological polar surface area (TPSA) is 46.5 Å². The molecule has 0 bridgehead atoms. The smallest absolute Gasteiger partial charge is 0.307 e. The third-order valence-corrected chi connectivity index (χ3v) is 3.89. The van der Waals surface area contributed by atoms with Crippen LogP contribution in [0.1, 0.15) is 5.56 Å². The van der Waals surface area contributed by atoms with Crippen LogP contribution in [0.3, 0.4) is 0 Å². The van der Waals surface area contributed by atoms with Crippen molar-refractivity contribution in [3.63, 3.8) is 0 Å². The molecule has 0 aliphatic carbocycles. The monoisotopic (exact) mass is 342 g/mol. The van der Waals surface area contributed by atoms with Gasteiger partial charge in [0, 0.05) is 9.92 Å². The van der Waals surface area contributed by atoms with Crippen molar-refractivity contribution in [2.45, 2.75) is 11.3 Å². The predicted molar refractivity (Wildman–Crippen MR) is 86.1 cm³/mol. The van der Waals surface area contributed by atoms with Gasteiger partial charge >= 0.3 is 5.97 Å². The average Bonchev–Trinajstić information content (AvgIpc) is 2.39. The quantitative estimate of drug-likeness (QED) is 0.764. The first-order valence-electron chi connectivity index (χ1n) is 6.00. The van der Waals surface area contributed by atoms with Gasteiger partial charge in [0.15, 0.2) is 0 Å². The van der Waals surface area contributed by atoms with E-state index >= 15 is 0 Å². The van der Waals surface area contributed by atoms with E-state index in [4.69, 9.17) is 33.0 Å². The fourth-order valence-electron chi connectivity index (χ4n) is 1.77. The van der Waals surface area contributed by atoms with Crippen LogP contribution in [0.15, 0.2) is 41.3 Å². The third-order valence-electron chi connectivity index (χ3n) is 2.65. The molecule has 0 aliphatic rings. The maximum absolute atomic E-state index is 10.8. The van der Waals surface area contributed by atoms with E-state index in [-0.39, 0.29) is 6.42 Å². The van der Waals surface area contributed by atoms with Gasteiger partial charge in [-0.3, -0.25) is 4.79 Å². The molecule has 2 rings (SSSR count). The molecule has 0 saturated heterocycles. The highest BCUT2D eigenvalue weighted by molar-refractivity contribution is 7.98. The van der Waals surface area contributed by atoms with Gasteiger partial charge in [-0.05, 0) is 48.2 Å². The second-order valence-electron chi connectivity index (χ2n) is 4.26. The van der Waals surface area contributed by atoms with Crippen LogP contribution in [0.2, 0.25) is 10.0 Å².